The molecule has 0 atom stereocenters. The van der Waals surface area contributed by atoms with E-state index in [1.54, 1.807) is 18.2 Å². The van der Waals surface area contributed by atoms with Crippen molar-refractivity contribution >= 4 is 11.6 Å². The molecule has 0 fully saturated rings. The molecule has 1 N–H and O–H groups in total. The van der Waals surface area contributed by atoms with Gasteiger partial charge in [-0.05, 0) is 12.1 Å². The lowest BCUT2D eigenvalue weighted by atomic mass is 10.2. The fourth-order valence-electron chi connectivity index (χ4n) is 1.31. The quantitative estimate of drug-likeness (QED) is 0.869. The van der Waals surface area contributed by atoms with E-state index in [1.165, 1.54) is 13.3 Å². The molecule has 0 aliphatic carbocycles. The van der Waals surface area contributed by atoms with Crippen LogP contribution >= 0.6 is 11.6 Å². The van der Waals surface area contributed by atoms with Gasteiger partial charge in [-0.1, -0.05) is 23.7 Å². The average molecular weight is 237 g/mol. The number of hydrogen-bond donors (Lipinski definition) is 1. The van der Waals surface area contributed by atoms with Crippen LogP contribution in [0.2, 0.25) is 5.02 Å². The number of hydrogen-bond acceptors (Lipinski definition) is 3. The fourth-order valence-corrected chi connectivity index (χ4v) is 1.50. The van der Waals surface area contributed by atoms with Crippen LogP contribution in [0.15, 0.2) is 35.3 Å². The molecule has 2 aromatic rings. The van der Waals surface area contributed by atoms with E-state index in [2.05, 4.69) is 9.97 Å². The molecule has 16 heavy (non-hydrogen) atoms. The first-order chi connectivity index (χ1) is 7.70. The first-order valence-corrected chi connectivity index (χ1v) is 4.98. The number of halogens is 1. The minimum Gasteiger partial charge on any atom is -0.490 e. The second kappa shape index (κ2) is 4.37. The van der Waals surface area contributed by atoms with Crippen molar-refractivity contribution in [3.63, 3.8) is 0 Å². The van der Waals surface area contributed by atoms with Gasteiger partial charge >= 0.3 is 0 Å². The summed E-state index contributed by atoms with van der Waals surface area (Å²) in [4.78, 5) is 18.2. The van der Waals surface area contributed by atoms with Crippen molar-refractivity contribution < 1.29 is 4.74 Å². The summed E-state index contributed by atoms with van der Waals surface area (Å²) in [6, 6.07) is 7.09. The van der Waals surface area contributed by atoms with Crippen LogP contribution in [0.1, 0.15) is 0 Å². The third-order valence-corrected chi connectivity index (χ3v) is 2.32. The molecular formula is C11H9ClN2O2. The largest absolute Gasteiger partial charge is 0.490 e. The van der Waals surface area contributed by atoms with E-state index >= 15 is 0 Å². The van der Waals surface area contributed by atoms with Gasteiger partial charge in [0.05, 0.1) is 13.3 Å². The molecular weight excluding hydrogens is 228 g/mol. The SMILES string of the molecule is COc1cnc(-c2cccc(Cl)c2)[nH]c1=O. The van der Waals surface area contributed by atoms with E-state index in [9.17, 15) is 4.79 Å². The van der Waals surface area contributed by atoms with Crippen molar-refractivity contribution in [1.29, 1.82) is 0 Å². The lowest BCUT2D eigenvalue weighted by molar-refractivity contribution is 0.406. The first-order valence-electron chi connectivity index (χ1n) is 4.60. The molecule has 1 aromatic heterocycles. The molecule has 82 valence electrons. The lowest BCUT2D eigenvalue weighted by Crippen LogP contribution is -2.11. The van der Waals surface area contributed by atoms with E-state index in [0.717, 1.165) is 5.56 Å². The summed E-state index contributed by atoms with van der Waals surface area (Å²) in [6.45, 7) is 0. The molecule has 0 aliphatic heterocycles. The Morgan fingerprint density at radius 3 is 2.88 bits per heavy atom. The number of nitrogens with one attached hydrogen (secondary N) is 1. The molecule has 0 bridgehead atoms. The topological polar surface area (TPSA) is 55.0 Å². The Hall–Kier alpha value is -1.81. The Balaban J connectivity index is 2.49. The molecule has 0 unspecified atom stereocenters. The van der Waals surface area contributed by atoms with Gasteiger partial charge in [0.25, 0.3) is 5.56 Å². The monoisotopic (exact) mass is 236 g/mol. The summed E-state index contributed by atoms with van der Waals surface area (Å²) in [5, 5.41) is 0.593. The zero-order valence-corrected chi connectivity index (χ0v) is 9.28. The van der Waals surface area contributed by atoms with Gasteiger partial charge in [0, 0.05) is 10.6 Å². The average Bonchev–Trinajstić information content (AvgIpc) is 2.29. The number of aromatic amines is 1. The van der Waals surface area contributed by atoms with E-state index < -0.39 is 0 Å². The van der Waals surface area contributed by atoms with Gasteiger partial charge in [0.2, 0.25) is 5.75 Å². The molecule has 0 amide bonds. The molecule has 0 saturated heterocycles. The van der Waals surface area contributed by atoms with Gasteiger partial charge in [-0.2, -0.15) is 0 Å². The lowest BCUT2D eigenvalue weighted by Gasteiger charge is -2.02. The second-order valence-corrected chi connectivity index (χ2v) is 3.58. The van der Waals surface area contributed by atoms with Crippen molar-refractivity contribution in [2.24, 2.45) is 0 Å². The standard InChI is InChI=1S/C11H9ClN2O2/c1-16-9-6-13-10(14-11(9)15)7-3-2-4-8(12)5-7/h2-6H,1H3,(H,13,14,15). The third kappa shape index (κ3) is 2.06. The van der Waals surface area contributed by atoms with Crippen LogP contribution in [0.5, 0.6) is 5.75 Å². The van der Waals surface area contributed by atoms with Crippen LogP contribution in [-0.4, -0.2) is 17.1 Å². The zero-order chi connectivity index (χ0) is 11.5. The van der Waals surface area contributed by atoms with Crippen LogP contribution in [0.4, 0.5) is 0 Å². The zero-order valence-electron chi connectivity index (χ0n) is 8.53. The number of H-pyrrole nitrogens is 1. The van der Waals surface area contributed by atoms with E-state index in [1.807, 2.05) is 6.07 Å². The predicted octanol–water partition coefficient (Wildman–Crippen LogP) is 2.10. The van der Waals surface area contributed by atoms with Crippen molar-refractivity contribution in [1.82, 2.24) is 9.97 Å². The van der Waals surface area contributed by atoms with Crippen LogP contribution in [0.25, 0.3) is 11.4 Å². The Labute approximate surface area is 96.9 Å². The van der Waals surface area contributed by atoms with Crippen molar-refractivity contribution in [2.45, 2.75) is 0 Å². The Bertz CT molecular complexity index is 566. The fraction of sp³-hybridized carbons (Fsp3) is 0.0909. The molecule has 0 radical (unpaired) electrons. The van der Waals surface area contributed by atoms with Gasteiger partial charge in [0.15, 0.2) is 0 Å². The van der Waals surface area contributed by atoms with Crippen molar-refractivity contribution in [2.75, 3.05) is 7.11 Å². The van der Waals surface area contributed by atoms with Gasteiger partial charge < -0.3 is 9.72 Å². The predicted molar refractivity (Wildman–Crippen MR) is 61.9 cm³/mol. The Morgan fingerprint density at radius 1 is 1.44 bits per heavy atom. The maximum Gasteiger partial charge on any atom is 0.293 e. The Morgan fingerprint density at radius 2 is 2.25 bits per heavy atom. The maximum atomic E-state index is 11.5. The second-order valence-electron chi connectivity index (χ2n) is 3.14. The highest BCUT2D eigenvalue weighted by atomic mass is 35.5. The first kappa shape index (κ1) is 10.7. The van der Waals surface area contributed by atoms with Gasteiger partial charge in [-0.15, -0.1) is 0 Å². The molecule has 0 saturated carbocycles. The summed E-state index contributed by atoms with van der Waals surface area (Å²) >= 11 is 5.85. The summed E-state index contributed by atoms with van der Waals surface area (Å²) in [7, 11) is 1.42. The number of benzene rings is 1. The smallest absolute Gasteiger partial charge is 0.293 e. The molecule has 4 nitrogen and oxygen atoms in total. The number of ether oxygens (including phenoxy) is 1. The van der Waals surface area contributed by atoms with Crippen LogP contribution in [0, 0.1) is 0 Å². The third-order valence-electron chi connectivity index (χ3n) is 2.08. The van der Waals surface area contributed by atoms with E-state index in [-0.39, 0.29) is 11.3 Å². The van der Waals surface area contributed by atoms with Crippen LogP contribution in [0.3, 0.4) is 0 Å². The summed E-state index contributed by atoms with van der Waals surface area (Å²) in [5.74, 6) is 0.652. The number of rotatable bonds is 2. The molecule has 0 spiro atoms. The number of methoxy groups -OCH3 is 1. The maximum absolute atomic E-state index is 11.5. The van der Waals surface area contributed by atoms with Crippen molar-refractivity contribution in [3.05, 3.63) is 45.8 Å². The summed E-state index contributed by atoms with van der Waals surface area (Å²) in [5.41, 5.74) is 0.444. The van der Waals surface area contributed by atoms with Gasteiger partial charge in [0.1, 0.15) is 5.82 Å². The highest BCUT2D eigenvalue weighted by Gasteiger charge is 2.04. The van der Waals surface area contributed by atoms with Gasteiger partial charge in [-0.3, -0.25) is 4.79 Å². The summed E-state index contributed by atoms with van der Waals surface area (Å²) < 4.78 is 4.83. The normalized spacial score (nSPS) is 10.1. The number of aromatic nitrogens is 2. The number of nitrogens with zero attached hydrogens (tertiary/aromatic N) is 1. The molecule has 0 aliphatic rings. The molecule has 1 heterocycles. The van der Waals surface area contributed by atoms with Crippen LogP contribution < -0.4 is 10.3 Å². The van der Waals surface area contributed by atoms with Gasteiger partial charge in [-0.25, -0.2) is 4.98 Å². The van der Waals surface area contributed by atoms with E-state index in [4.69, 9.17) is 16.3 Å². The minimum absolute atomic E-state index is 0.186. The Kier molecular flexibility index (Phi) is 2.92. The molecule has 5 heteroatoms. The van der Waals surface area contributed by atoms with Crippen molar-refractivity contribution in [3.8, 4) is 17.1 Å². The highest BCUT2D eigenvalue weighted by Crippen LogP contribution is 2.18. The molecule has 1 aromatic carbocycles. The van der Waals surface area contributed by atoms with E-state index in [0.29, 0.717) is 10.8 Å². The highest BCUT2D eigenvalue weighted by molar-refractivity contribution is 6.30. The van der Waals surface area contributed by atoms with Crippen LogP contribution in [-0.2, 0) is 0 Å². The minimum atomic E-state index is -0.313. The summed E-state index contributed by atoms with van der Waals surface area (Å²) in [6.07, 6.45) is 1.38. The molecule has 2 rings (SSSR count).